The number of rotatable bonds is 1. The number of nitrogens with one attached hydrogen (secondary N) is 1. The van der Waals surface area contributed by atoms with Gasteiger partial charge in [0.2, 0.25) is 0 Å². The zero-order chi connectivity index (χ0) is 6.91. The molecule has 1 aromatic rings. The van der Waals surface area contributed by atoms with Crippen molar-refractivity contribution >= 4 is 0 Å². The molecule has 1 rings (SSSR count). The van der Waals surface area contributed by atoms with E-state index in [0.29, 0.717) is 5.82 Å². The molecular weight excluding hydrogens is 118 g/mol. The fourth-order valence-electron chi connectivity index (χ4n) is 0.500. The highest BCUT2D eigenvalue weighted by Gasteiger charge is 2.18. The van der Waals surface area contributed by atoms with Gasteiger partial charge in [0, 0.05) is 0 Å². The Bertz CT molecular complexity index is 175. The predicted octanol–water partition coefficient (Wildman–Crippen LogP) is 0.0321. The van der Waals surface area contributed by atoms with Gasteiger partial charge in [-0.05, 0) is 13.8 Å². The third kappa shape index (κ3) is 1.26. The predicted molar refractivity (Wildman–Crippen MR) is 31.6 cm³/mol. The first-order valence-corrected chi connectivity index (χ1v) is 2.69. The topological polar surface area (TPSA) is 61.8 Å². The van der Waals surface area contributed by atoms with E-state index in [4.69, 9.17) is 0 Å². The number of aliphatic hydroxyl groups is 1. The molecule has 0 aliphatic rings. The largest absolute Gasteiger partial charge is 0.382 e. The van der Waals surface area contributed by atoms with E-state index in [0.717, 1.165) is 0 Å². The first-order valence-electron chi connectivity index (χ1n) is 2.69. The molecule has 4 heteroatoms. The van der Waals surface area contributed by atoms with Gasteiger partial charge < -0.3 is 5.11 Å². The Morgan fingerprint density at radius 3 is 2.56 bits per heavy atom. The van der Waals surface area contributed by atoms with Gasteiger partial charge in [-0.25, -0.2) is 4.98 Å². The van der Waals surface area contributed by atoms with Crippen LogP contribution in [0.25, 0.3) is 0 Å². The lowest BCUT2D eigenvalue weighted by Gasteiger charge is -2.11. The van der Waals surface area contributed by atoms with Crippen molar-refractivity contribution in [2.24, 2.45) is 0 Å². The molecule has 0 atom stereocenters. The Morgan fingerprint density at radius 2 is 2.33 bits per heavy atom. The highest BCUT2D eigenvalue weighted by atomic mass is 16.3. The molecule has 0 unspecified atom stereocenters. The number of H-pyrrole nitrogens is 1. The minimum Gasteiger partial charge on any atom is -0.382 e. The molecular formula is C5H9N3O. The third-order valence-electron chi connectivity index (χ3n) is 0.995. The summed E-state index contributed by atoms with van der Waals surface area (Å²) >= 11 is 0. The van der Waals surface area contributed by atoms with Gasteiger partial charge in [0.05, 0.1) is 0 Å². The minimum atomic E-state index is -0.906. The first-order chi connectivity index (χ1) is 4.11. The monoisotopic (exact) mass is 127 g/mol. The third-order valence-corrected chi connectivity index (χ3v) is 0.995. The van der Waals surface area contributed by atoms with E-state index in [1.807, 2.05) is 0 Å². The average Bonchev–Trinajstić information content (AvgIpc) is 2.08. The van der Waals surface area contributed by atoms with Crippen molar-refractivity contribution in [2.75, 3.05) is 0 Å². The molecule has 0 amide bonds. The van der Waals surface area contributed by atoms with Gasteiger partial charge in [0.15, 0.2) is 5.82 Å². The average molecular weight is 127 g/mol. The van der Waals surface area contributed by atoms with Crippen LogP contribution in [0.5, 0.6) is 0 Å². The summed E-state index contributed by atoms with van der Waals surface area (Å²) in [6.45, 7) is 3.29. The second-order valence-electron chi connectivity index (χ2n) is 2.39. The quantitative estimate of drug-likeness (QED) is 0.559. The van der Waals surface area contributed by atoms with Gasteiger partial charge in [0.1, 0.15) is 11.9 Å². The van der Waals surface area contributed by atoms with Crippen molar-refractivity contribution in [2.45, 2.75) is 19.4 Å². The number of aromatic nitrogens is 3. The SMILES string of the molecule is CC(C)(O)c1ncn[nH]1. The fourth-order valence-corrected chi connectivity index (χ4v) is 0.500. The fraction of sp³-hybridized carbons (Fsp3) is 0.600. The van der Waals surface area contributed by atoms with Crippen LogP contribution >= 0.6 is 0 Å². The van der Waals surface area contributed by atoms with E-state index >= 15 is 0 Å². The Balaban J connectivity index is 2.90. The molecule has 0 aliphatic heterocycles. The Kier molecular flexibility index (Phi) is 1.25. The van der Waals surface area contributed by atoms with Crippen LogP contribution in [0.15, 0.2) is 6.33 Å². The molecule has 0 radical (unpaired) electrons. The summed E-state index contributed by atoms with van der Waals surface area (Å²) in [5.41, 5.74) is -0.906. The summed E-state index contributed by atoms with van der Waals surface area (Å²) < 4.78 is 0. The van der Waals surface area contributed by atoms with Crippen LogP contribution in [0, 0.1) is 0 Å². The van der Waals surface area contributed by atoms with Crippen LogP contribution in [0.2, 0.25) is 0 Å². The molecule has 4 nitrogen and oxygen atoms in total. The summed E-state index contributed by atoms with van der Waals surface area (Å²) in [5.74, 6) is 0.488. The number of aromatic amines is 1. The van der Waals surface area contributed by atoms with Crippen molar-refractivity contribution in [1.82, 2.24) is 15.2 Å². The highest BCUT2D eigenvalue weighted by molar-refractivity contribution is 4.92. The first kappa shape index (κ1) is 6.22. The summed E-state index contributed by atoms with van der Waals surface area (Å²) in [6.07, 6.45) is 1.37. The molecule has 1 aromatic heterocycles. The van der Waals surface area contributed by atoms with Gasteiger partial charge >= 0.3 is 0 Å². The molecule has 50 valence electrons. The van der Waals surface area contributed by atoms with E-state index in [-0.39, 0.29) is 0 Å². The van der Waals surface area contributed by atoms with Crippen LogP contribution in [-0.2, 0) is 5.60 Å². The van der Waals surface area contributed by atoms with Gasteiger partial charge in [-0.15, -0.1) is 0 Å². The molecule has 1 heterocycles. The summed E-state index contributed by atoms with van der Waals surface area (Å²) in [7, 11) is 0. The molecule has 2 N–H and O–H groups in total. The lowest BCUT2D eigenvalue weighted by Crippen LogP contribution is -2.17. The van der Waals surface area contributed by atoms with Crippen molar-refractivity contribution in [1.29, 1.82) is 0 Å². The van der Waals surface area contributed by atoms with Crippen LogP contribution in [-0.4, -0.2) is 20.3 Å². The Hall–Kier alpha value is -0.900. The minimum absolute atomic E-state index is 0.488. The van der Waals surface area contributed by atoms with Crippen molar-refractivity contribution in [3.8, 4) is 0 Å². The number of hydrogen-bond acceptors (Lipinski definition) is 3. The molecule has 0 saturated heterocycles. The van der Waals surface area contributed by atoms with Crippen LogP contribution in [0.1, 0.15) is 19.7 Å². The number of nitrogens with zero attached hydrogens (tertiary/aromatic N) is 2. The Labute approximate surface area is 52.9 Å². The normalized spacial score (nSPS) is 11.9. The molecule has 0 spiro atoms. The van der Waals surface area contributed by atoms with Gasteiger partial charge in [-0.1, -0.05) is 0 Å². The molecule has 0 aromatic carbocycles. The second kappa shape index (κ2) is 1.80. The maximum atomic E-state index is 9.24. The van der Waals surface area contributed by atoms with Gasteiger partial charge in [-0.2, -0.15) is 5.10 Å². The van der Waals surface area contributed by atoms with E-state index in [1.165, 1.54) is 6.33 Å². The molecule has 9 heavy (non-hydrogen) atoms. The van der Waals surface area contributed by atoms with Crippen molar-refractivity contribution < 1.29 is 5.11 Å². The van der Waals surface area contributed by atoms with Crippen LogP contribution in [0.4, 0.5) is 0 Å². The second-order valence-corrected chi connectivity index (χ2v) is 2.39. The highest BCUT2D eigenvalue weighted by Crippen LogP contribution is 2.12. The summed E-state index contributed by atoms with van der Waals surface area (Å²) in [4.78, 5) is 3.77. The number of hydrogen-bond donors (Lipinski definition) is 2. The maximum absolute atomic E-state index is 9.24. The lowest BCUT2D eigenvalue weighted by molar-refractivity contribution is 0.0691. The van der Waals surface area contributed by atoms with Crippen molar-refractivity contribution in [3.05, 3.63) is 12.2 Å². The standard InChI is InChI=1S/C5H9N3O/c1-5(2,9)4-6-3-7-8-4/h3,9H,1-2H3,(H,6,7,8). The molecule has 0 aliphatic carbocycles. The van der Waals surface area contributed by atoms with E-state index in [1.54, 1.807) is 13.8 Å². The zero-order valence-corrected chi connectivity index (χ0v) is 5.42. The van der Waals surface area contributed by atoms with Gasteiger partial charge in [0.25, 0.3) is 0 Å². The zero-order valence-electron chi connectivity index (χ0n) is 5.42. The van der Waals surface area contributed by atoms with E-state index in [9.17, 15) is 5.11 Å². The molecule has 0 fully saturated rings. The summed E-state index contributed by atoms with van der Waals surface area (Å²) in [5, 5.41) is 15.4. The smallest absolute Gasteiger partial charge is 0.155 e. The molecule has 0 bridgehead atoms. The van der Waals surface area contributed by atoms with E-state index in [2.05, 4.69) is 15.2 Å². The van der Waals surface area contributed by atoms with E-state index < -0.39 is 5.60 Å². The van der Waals surface area contributed by atoms with Gasteiger partial charge in [-0.3, -0.25) is 5.10 Å². The lowest BCUT2D eigenvalue weighted by atomic mass is 10.1. The molecule has 0 saturated carbocycles. The van der Waals surface area contributed by atoms with Crippen molar-refractivity contribution in [3.63, 3.8) is 0 Å². The van der Waals surface area contributed by atoms with Crippen LogP contribution < -0.4 is 0 Å². The summed E-state index contributed by atoms with van der Waals surface area (Å²) in [6, 6.07) is 0. The van der Waals surface area contributed by atoms with Crippen LogP contribution in [0.3, 0.4) is 0 Å². The maximum Gasteiger partial charge on any atom is 0.155 e. The Morgan fingerprint density at radius 1 is 1.67 bits per heavy atom.